The number of halogens is 2. The predicted molar refractivity (Wildman–Crippen MR) is 115 cm³/mol. The summed E-state index contributed by atoms with van der Waals surface area (Å²) in [7, 11) is 1.36. The first-order valence-electron chi connectivity index (χ1n) is 8.48. The van der Waals surface area contributed by atoms with Gasteiger partial charge in [-0.3, -0.25) is 4.79 Å². The number of para-hydroxylation sites is 1. The maximum Gasteiger partial charge on any atom is 0.349 e. The molecule has 0 saturated heterocycles. The highest BCUT2D eigenvalue weighted by atomic mass is 79.9. The minimum absolute atomic E-state index is 0.0267. The molecule has 3 aromatic rings. The van der Waals surface area contributed by atoms with Gasteiger partial charge < -0.3 is 19.6 Å². The smallest absolute Gasteiger partial charge is 0.349 e. The first-order valence-corrected chi connectivity index (χ1v) is 9.65. The average Bonchev–Trinajstić information content (AvgIpc) is 2.72. The molecule has 0 spiro atoms. The molecule has 30 heavy (non-hydrogen) atoms. The van der Waals surface area contributed by atoms with Gasteiger partial charge in [-0.05, 0) is 41.1 Å². The number of carboxylic acids is 1. The number of H-pyrrole nitrogens is 1. The van der Waals surface area contributed by atoms with Gasteiger partial charge in [0, 0.05) is 10.0 Å². The molecular weight excluding hydrogens is 482 g/mol. The second-order valence-electron chi connectivity index (χ2n) is 6.06. The maximum atomic E-state index is 12.6. The quantitative estimate of drug-likeness (QED) is 0.506. The summed E-state index contributed by atoms with van der Waals surface area (Å²) in [6, 6.07) is 8.04. The number of hydrogen-bond acceptors (Lipinski definition) is 6. The number of nitrogens with zero attached hydrogens (tertiary/aromatic N) is 2. The Hall–Kier alpha value is -3.11. The van der Waals surface area contributed by atoms with Crippen LogP contribution in [-0.4, -0.2) is 40.2 Å². The van der Waals surface area contributed by atoms with Gasteiger partial charge in [-0.2, -0.15) is 5.10 Å². The van der Waals surface area contributed by atoms with E-state index < -0.39 is 23.3 Å². The van der Waals surface area contributed by atoms with E-state index in [0.717, 1.165) is 0 Å². The maximum absolute atomic E-state index is 12.6. The summed E-state index contributed by atoms with van der Waals surface area (Å²) in [4.78, 5) is 38.5. The molecule has 0 aliphatic heterocycles. The van der Waals surface area contributed by atoms with Crippen molar-refractivity contribution < 1.29 is 19.4 Å². The van der Waals surface area contributed by atoms with Crippen molar-refractivity contribution in [2.75, 3.05) is 7.11 Å². The van der Waals surface area contributed by atoms with Crippen molar-refractivity contribution in [2.24, 2.45) is 5.10 Å². The van der Waals surface area contributed by atoms with Crippen LogP contribution in [0, 0.1) is 0 Å². The Labute approximate surface area is 182 Å². The monoisotopic (exact) mass is 495 g/mol. The fourth-order valence-corrected chi connectivity index (χ4v) is 3.21. The normalized spacial score (nSPS) is 12.3. The summed E-state index contributed by atoms with van der Waals surface area (Å²) < 4.78 is 11.6. The van der Waals surface area contributed by atoms with E-state index in [1.165, 1.54) is 26.3 Å². The van der Waals surface area contributed by atoms with Crippen molar-refractivity contribution in [2.45, 2.75) is 13.0 Å². The molecule has 11 heteroatoms. The highest BCUT2D eigenvalue weighted by Crippen LogP contribution is 2.42. The van der Waals surface area contributed by atoms with Crippen LogP contribution in [-0.2, 0) is 4.79 Å². The first kappa shape index (κ1) is 21.6. The van der Waals surface area contributed by atoms with Crippen molar-refractivity contribution in [1.82, 2.24) is 9.66 Å². The lowest BCUT2D eigenvalue weighted by Crippen LogP contribution is -2.32. The lowest BCUT2D eigenvalue weighted by molar-refractivity contribution is -0.144. The Morgan fingerprint density at radius 1 is 1.37 bits per heavy atom. The van der Waals surface area contributed by atoms with Crippen LogP contribution in [0.5, 0.6) is 11.5 Å². The third kappa shape index (κ3) is 4.10. The molecule has 1 atom stereocenters. The van der Waals surface area contributed by atoms with Crippen LogP contribution in [0.2, 0.25) is 5.02 Å². The number of hydrogen-bond donors (Lipinski definition) is 2. The summed E-state index contributed by atoms with van der Waals surface area (Å²) >= 11 is 9.60. The van der Waals surface area contributed by atoms with Crippen LogP contribution in [0.4, 0.5) is 0 Å². The minimum atomic E-state index is -1.18. The van der Waals surface area contributed by atoms with E-state index in [1.807, 2.05) is 0 Å². The van der Waals surface area contributed by atoms with Gasteiger partial charge in [0.25, 0.3) is 5.56 Å². The fraction of sp³-hybridized carbons (Fsp3) is 0.158. The molecule has 156 valence electrons. The zero-order chi connectivity index (χ0) is 22.0. The molecule has 0 unspecified atom stereocenters. The number of carboxylic acid groups (broad SMARTS) is 1. The number of aromatic nitrogens is 2. The van der Waals surface area contributed by atoms with Gasteiger partial charge in [-0.25, -0.2) is 9.59 Å². The lowest BCUT2D eigenvalue weighted by Gasteiger charge is -2.17. The molecule has 2 N–H and O–H groups in total. The molecule has 0 radical (unpaired) electrons. The van der Waals surface area contributed by atoms with Crippen molar-refractivity contribution in [3.8, 4) is 11.5 Å². The van der Waals surface area contributed by atoms with Crippen LogP contribution in [0.15, 0.2) is 49.5 Å². The molecule has 0 saturated carbocycles. The molecular formula is C19H15BrClN3O6. The summed E-state index contributed by atoms with van der Waals surface area (Å²) in [5.74, 6) is -0.999. The molecule has 3 rings (SSSR count). The Kier molecular flexibility index (Phi) is 6.28. The number of nitrogens with one attached hydrogen (secondary N) is 1. The highest BCUT2D eigenvalue weighted by Gasteiger charge is 2.22. The standard InChI is InChI=1S/C19H15BrClN3O6/c1-9(18(26)27)30-16-13(29-2)7-10(14(20)15(16)21)8-22-24-17(25)11-5-3-4-6-12(11)23-19(24)28/h3-9H,1-2H3,(H,23,28)(H,26,27)/t9-/m1/s1. The Morgan fingerprint density at radius 2 is 2.07 bits per heavy atom. The summed E-state index contributed by atoms with van der Waals surface area (Å²) in [5, 5.41) is 13.4. The number of fused-ring (bicyclic) bond motifs is 1. The number of benzene rings is 2. The molecule has 1 aromatic heterocycles. The van der Waals surface area contributed by atoms with E-state index in [-0.39, 0.29) is 16.5 Å². The third-order valence-electron chi connectivity index (χ3n) is 4.11. The molecule has 0 aliphatic rings. The number of carbonyl (C=O) groups is 1. The van der Waals surface area contributed by atoms with E-state index in [4.69, 9.17) is 26.2 Å². The second-order valence-corrected chi connectivity index (χ2v) is 7.23. The second kappa shape index (κ2) is 8.72. The average molecular weight is 497 g/mol. The number of ether oxygens (including phenoxy) is 2. The summed E-state index contributed by atoms with van der Waals surface area (Å²) in [6.45, 7) is 1.35. The van der Waals surface area contributed by atoms with Crippen LogP contribution in [0.3, 0.4) is 0 Å². The predicted octanol–water partition coefficient (Wildman–Crippen LogP) is 2.85. The number of rotatable bonds is 6. The van der Waals surface area contributed by atoms with Gasteiger partial charge in [0.2, 0.25) is 0 Å². The summed E-state index contributed by atoms with van der Waals surface area (Å²) in [5.41, 5.74) is -0.528. The highest BCUT2D eigenvalue weighted by molar-refractivity contribution is 9.10. The first-order chi connectivity index (χ1) is 14.2. The lowest BCUT2D eigenvalue weighted by atomic mass is 10.2. The van der Waals surface area contributed by atoms with Gasteiger partial charge in [-0.15, -0.1) is 4.68 Å². The third-order valence-corrected chi connectivity index (χ3v) is 5.56. The molecule has 0 fully saturated rings. The van der Waals surface area contributed by atoms with Gasteiger partial charge in [0.15, 0.2) is 17.6 Å². The number of methoxy groups -OCH3 is 1. The molecule has 9 nitrogen and oxygen atoms in total. The Morgan fingerprint density at radius 3 is 2.73 bits per heavy atom. The van der Waals surface area contributed by atoms with E-state index in [2.05, 4.69) is 26.0 Å². The fourth-order valence-electron chi connectivity index (χ4n) is 2.57. The van der Waals surface area contributed by atoms with E-state index >= 15 is 0 Å². The molecule has 1 heterocycles. The number of aliphatic carboxylic acids is 1. The number of aromatic amines is 1. The van der Waals surface area contributed by atoms with Gasteiger partial charge in [0.1, 0.15) is 5.02 Å². The SMILES string of the molecule is COc1cc(C=Nn2c(=O)[nH]c3ccccc3c2=O)c(Br)c(Cl)c1O[C@H](C)C(=O)O. The van der Waals surface area contributed by atoms with Crippen LogP contribution in [0.25, 0.3) is 10.9 Å². The Balaban J connectivity index is 2.08. The van der Waals surface area contributed by atoms with E-state index in [0.29, 0.717) is 25.6 Å². The topological polar surface area (TPSA) is 123 Å². The van der Waals surface area contributed by atoms with E-state index in [9.17, 15) is 14.4 Å². The van der Waals surface area contributed by atoms with Crippen molar-refractivity contribution in [3.63, 3.8) is 0 Å². The Bertz CT molecular complexity index is 1280. The van der Waals surface area contributed by atoms with Crippen LogP contribution < -0.4 is 20.7 Å². The van der Waals surface area contributed by atoms with Gasteiger partial charge in [-0.1, -0.05) is 23.7 Å². The molecule has 0 aliphatic carbocycles. The minimum Gasteiger partial charge on any atom is -0.493 e. The molecule has 2 aromatic carbocycles. The zero-order valence-electron chi connectivity index (χ0n) is 15.7. The van der Waals surface area contributed by atoms with Gasteiger partial charge >= 0.3 is 11.7 Å². The van der Waals surface area contributed by atoms with E-state index in [1.54, 1.807) is 24.3 Å². The summed E-state index contributed by atoms with van der Waals surface area (Å²) in [6.07, 6.45) is 0.0754. The largest absolute Gasteiger partial charge is 0.493 e. The zero-order valence-corrected chi connectivity index (χ0v) is 18.0. The van der Waals surface area contributed by atoms with Gasteiger partial charge in [0.05, 0.1) is 24.2 Å². The van der Waals surface area contributed by atoms with Crippen LogP contribution in [0.1, 0.15) is 12.5 Å². The van der Waals surface area contributed by atoms with Crippen molar-refractivity contribution >= 4 is 50.6 Å². The van der Waals surface area contributed by atoms with Crippen molar-refractivity contribution in [3.05, 3.63) is 66.2 Å². The van der Waals surface area contributed by atoms with Crippen molar-refractivity contribution in [1.29, 1.82) is 0 Å². The molecule has 0 amide bonds. The molecule has 0 bridgehead atoms. The van der Waals surface area contributed by atoms with Crippen LogP contribution >= 0.6 is 27.5 Å².